The average molecular weight is 308 g/mol. The molecule has 0 amide bonds. The second-order valence-corrected chi connectivity index (χ2v) is 5.54. The van der Waals surface area contributed by atoms with Crippen molar-refractivity contribution in [1.29, 1.82) is 0 Å². The molecule has 0 aliphatic heterocycles. The van der Waals surface area contributed by atoms with Crippen LogP contribution in [0.15, 0.2) is 29.2 Å². The summed E-state index contributed by atoms with van der Waals surface area (Å²) in [5, 5.41) is 0.857. The lowest BCUT2D eigenvalue weighted by Gasteiger charge is -2.06. The van der Waals surface area contributed by atoms with Crippen LogP contribution in [0.4, 0.5) is 0 Å². The smallest absolute Gasteiger partial charge is 0.262 e. The molecular weight excluding hydrogens is 294 g/mol. The van der Waals surface area contributed by atoms with Crippen molar-refractivity contribution in [3.05, 3.63) is 29.8 Å². The molecule has 0 bridgehead atoms. The highest BCUT2D eigenvalue weighted by molar-refractivity contribution is 9.09. The maximum atomic E-state index is 11.6. The van der Waals surface area contributed by atoms with Gasteiger partial charge in [-0.2, -0.15) is 0 Å². The van der Waals surface area contributed by atoms with Crippen molar-refractivity contribution in [3.63, 3.8) is 0 Å². The van der Waals surface area contributed by atoms with Crippen LogP contribution in [-0.4, -0.2) is 20.4 Å². The Morgan fingerprint density at radius 2 is 1.94 bits per heavy atom. The number of alkyl halides is 1. The summed E-state index contributed by atoms with van der Waals surface area (Å²) in [7, 11) is -3.54. The van der Waals surface area contributed by atoms with Crippen LogP contribution in [-0.2, 0) is 21.3 Å². The number of hydrogen-bond donors (Lipinski definition) is 1. The van der Waals surface area contributed by atoms with Gasteiger partial charge >= 0.3 is 0 Å². The quantitative estimate of drug-likeness (QED) is 0.644. The monoisotopic (exact) mass is 307 g/mol. The molecule has 0 heterocycles. The first-order chi connectivity index (χ1) is 7.60. The third-order valence-corrected chi connectivity index (χ3v) is 3.56. The molecule has 1 N–H and O–H groups in total. The summed E-state index contributed by atoms with van der Waals surface area (Å²) in [6, 6.07) is 6.72. The van der Waals surface area contributed by atoms with Gasteiger partial charge in [-0.25, -0.2) is 8.42 Å². The van der Waals surface area contributed by atoms with Crippen LogP contribution in [0.5, 0.6) is 0 Å². The van der Waals surface area contributed by atoms with E-state index in [1.54, 1.807) is 31.2 Å². The third-order valence-electron chi connectivity index (χ3n) is 1.93. The number of nitrogens with one attached hydrogen (secondary N) is 1. The fraction of sp³-hybridized carbons (Fsp3) is 0.400. The number of aryl methyl sites for hydroxylation is 1. The zero-order chi connectivity index (χ0) is 12.0. The van der Waals surface area contributed by atoms with Gasteiger partial charge in [0.15, 0.2) is 0 Å². The van der Waals surface area contributed by atoms with Crippen molar-refractivity contribution >= 4 is 26.0 Å². The molecule has 0 saturated carbocycles. The summed E-state index contributed by atoms with van der Waals surface area (Å²) in [5.74, 6) is 0. The van der Waals surface area contributed by atoms with E-state index in [-0.39, 0.29) is 4.90 Å². The molecule has 0 spiro atoms. The van der Waals surface area contributed by atoms with Crippen LogP contribution in [0.25, 0.3) is 0 Å². The second-order valence-electron chi connectivity index (χ2n) is 3.10. The molecular formula is C10H14BrNO3S. The van der Waals surface area contributed by atoms with Crippen molar-refractivity contribution in [2.24, 2.45) is 0 Å². The highest BCUT2D eigenvalue weighted by Gasteiger charge is 2.13. The van der Waals surface area contributed by atoms with E-state index in [0.717, 1.165) is 17.3 Å². The molecule has 0 unspecified atom stereocenters. The number of benzene rings is 1. The Balaban J connectivity index is 2.80. The molecule has 0 fully saturated rings. The van der Waals surface area contributed by atoms with Gasteiger partial charge in [0, 0.05) is 5.33 Å². The summed E-state index contributed by atoms with van der Waals surface area (Å²) in [6.45, 7) is 2.00. The SMILES string of the molecule is CCONS(=O)(=O)c1ccc(CCBr)cc1. The number of sulfonamides is 1. The molecule has 0 radical (unpaired) electrons. The lowest BCUT2D eigenvalue weighted by Crippen LogP contribution is -2.23. The molecule has 90 valence electrons. The van der Waals surface area contributed by atoms with E-state index in [4.69, 9.17) is 0 Å². The van der Waals surface area contributed by atoms with Crippen LogP contribution in [0.3, 0.4) is 0 Å². The van der Waals surface area contributed by atoms with Crippen molar-refractivity contribution in [2.45, 2.75) is 18.2 Å². The van der Waals surface area contributed by atoms with E-state index in [9.17, 15) is 8.42 Å². The summed E-state index contributed by atoms with van der Waals surface area (Å²) < 4.78 is 23.2. The Labute approximate surface area is 104 Å². The summed E-state index contributed by atoms with van der Waals surface area (Å²) >= 11 is 3.33. The van der Waals surface area contributed by atoms with Crippen LogP contribution < -0.4 is 4.89 Å². The van der Waals surface area contributed by atoms with Gasteiger partial charge in [0.2, 0.25) is 0 Å². The summed E-state index contributed by atoms with van der Waals surface area (Å²) in [6.07, 6.45) is 0.874. The standard InChI is InChI=1S/C10H14BrNO3S/c1-2-15-12-16(13,14)10-5-3-9(4-6-10)7-8-11/h3-6,12H,2,7-8H2,1H3. The van der Waals surface area contributed by atoms with Gasteiger partial charge in [-0.05, 0) is 31.0 Å². The molecule has 0 saturated heterocycles. The normalized spacial score (nSPS) is 11.6. The molecule has 1 aromatic rings. The Morgan fingerprint density at radius 1 is 1.31 bits per heavy atom. The van der Waals surface area contributed by atoms with Gasteiger partial charge in [-0.3, -0.25) is 4.84 Å². The Hall–Kier alpha value is -0.430. The fourth-order valence-electron chi connectivity index (χ4n) is 1.13. The lowest BCUT2D eigenvalue weighted by molar-refractivity contribution is 0.105. The predicted molar refractivity (Wildman–Crippen MR) is 65.9 cm³/mol. The number of hydrogen-bond acceptors (Lipinski definition) is 3. The van der Waals surface area contributed by atoms with E-state index >= 15 is 0 Å². The van der Waals surface area contributed by atoms with Gasteiger partial charge in [0.25, 0.3) is 10.0 Å². The first-order valence-corrected chi connectivity index (χ1v) is 7.49. The zero-order valence-electron chi connectivity index (χ0n) is 8.94. The molecule has 6 heteroatoms. The zero-order valence-corrected chi connectivity index (χ0v) is 11.3. The van der Waals surface area contributed by atoms with Gasteiger partial charge in [0.05, 0.1) is 11.5 Å². The lowest BCUT2D eigenvalue weighted by atomic mass is 10.2. The Kier molecular flexibility index (Phi) is 5.40. The van der Waals surface area contributed by atoms with Gasteiger partial charge < -0.3 is 0 Å². The predicted octanol–water partition coefficient (Wildman–Crippen LogP) is 1.85. The van der Waals surface area contributed by atoms with E-state index < -0.39 is 10.0 Å². The molecule has 1 rings (SSSR count). The van der Waals surface area contributed by atoms with E-state index in [2.05, 4.69) is 20.8 Å². The number of halogens is 1. The van der Waals surface area contributed by atoms with Gasteiger partial charge in [0.1, 0.15) is 0 Å². The molecule has 1 aromatic carbocycles. The van der Waals surface area contributed by atoms with E-state index in [1.807, 2.05) is 4.89 Å². The molecule has 16 heavy (non-hydrogen) atoms. The van der Waals surface area contributed by atoms with Crippen LogP contribution in [0.2, 0.25) is 0 Å². The van der Waals surface area contributed by atoms with Gasteiger partial charge in [-0.15, -0.1) is 0 Å². The first kappa shape index (κ1) is 13.6. The van der Waals surface area contributed by atoms with E-state index in [1.165, 1.54) is 0 Å². The van der Waals surface area contributed by atoms with Crippen molar-refractivity contribution in [2.75, 3.05) is 11.9 Å². The minimum absolute atomic E-state index is 0.208. The van der Waals surface area contributed by atoms with Gasteiger partial charge in [-0.1, -0.05) is 32.9 Å². The average Bonchev–Trinajstić information content (AvgIpc) is 2.28. The van der Waals surface area contributed by atoms with Crippen LogP contribution >= 0.6 is 15.9 Å². The molecule has 4 nitrogen and oxygen atoms in total. The van der Waals surface area contributed by atoms with E-state index in [0.29, 0.717) is 6.61 Å². The molecule has 0 aliphatic carbocycles. The van der Waals surface area contributed by atoms with Crippen molar-refractivity contribution in [3.8, 4) is 0 Å². The maximum Gasteiger partial charge on any atom is 0.262 e. The number of rotatable bonds is 6. The molecule has 0 aliphatic rings. The minimum Gasteiger partial charge on any atom is -0.287 e. The fourth-order valence-corrected chi connectivity index (χ4v) is 2.45. The molecule has 0 atom stereocenters. The Bertz CT molecular complexity index is 416. The van der Waals surface area contributed by atoms with Crippen LogP contribution in [0, 0.1) is 0 Å². The highest BCUT2D eigenvalue weighted by atomic mass is 79.9. The highest BCUT2D eigenvalue weighted by Crippen LogP contribution is 2.11. The largest absolute Gasteiger partial charge is 0.287 e. The van der Waals surface area contributed by atoms with Crippen LogP contribution in [0.1, 0.15) is 12.5 Å². The summed E-state index contributed by atoms with van der Waals surface area (Å²) in [5.41, 5.74) is 1.09. The van der Waals surface area contributed by atoms with Crippen molar-refractivity contribution < 1.29 is 13.3 Å². The van der Waals surface area contributed by atoms with Crippen molar-refractivity contribution in [1.82, 2.24) is 4.89 Å². The topological polar surface area (TPSA) is 55.4 Å². The minimum atomic E-state index is -3.54. The Morgan fingerprint density at radius 3 is 2.44 bits per heavy atom. The second kappa shape index (κ2) is 6.34. The third kappa shape index (κ3) is 3.86. The summed E-state index contributed by atoms with van der Waals surface area (Å²) in [4.78, 5) is 6.93. The molecule has 0 aromatic heterocycles. The first-order valence-electron chi connectivity index (χ1n) is 4.88. The maximum absolute atomic E-state index is 11.6.